The zero-order chi connectivity index (χ0) is 38.3. The normalized spacial score (nSPS) is 26.6. The third-order valence-corrected chi connectivity index (χ3v) is 11.8. The minimum atomic E-state index is -1.37. The van der Waals surface area contributed by atoms with E-state index in [-0.39, 0.29) is 55.3 Å². The molecule has 3 aliphatic heterocycles. The first-order chi connectivity index (χ1) is 25.6. The molecule has 5 rings (SSSR count). The van der Waals surface area contributed by atoms with Gasteiger partial charge in [-0.2, -0.15) is 0 Å². The molecule has 10 atom stereocenters. The summed E-state index contributed by atoms with van der Waals surface area (Å²) in [4.78, 5) is 60.3. The van der Waals surface area contributed by atoms with Crippen LogP contribution in [-0.2, 0) is 39.9 Å². The lowest BCUT2D eigenvalue weighted by atomic mass is 9.70. The summed E-state index contributed by atoms with van der Waals surface area (Å²) in [5.74, 6) is -4.00. The highest BCUT2D eigenvalue weighted by Crippen LogP contribution is 2.61. The maximum absolute atomic E-state index is 15.0. The van der Waals surface area contributed by atoms with Gasteiger partial charge >= 0.3 is 5.97 Å². The molecule has 3 heterocycles. The number of rotatable bonds is 19. The van der Waals surface area contributed by atoms with Crippen LogP contribution in [0.15, 0.2) is 86.0 Å². The lowest BCUT2D eigenvalue weighted by Crippen LogP contribution is -2.59. The van der Waals surface area contributed by atoms with Crippen LogP contribution in [-0.4, -0.2) is 100 Å². The van der Waals surface area contributed by atoms with Crippen molar-refractivity contribution in [1.29, 1.82) is 0 Å². The number of alkyl halides is 1. The predicted octanol–water partition coefficient (Wildman–Crippen LogP) is 4.74. The lowest BCUT2D eigenvalue weighted by Gasteiger charge is -2.41. The fraction of sp³-hybridized carbons (Fsp3) is 0.512. The van der Waals surface area contributed by atoms with E-state index in [1.807, 2.05) is 62.4 Å². The number of nitrogens with zero attached hydrogens (tertiary/aromatic N) is 2. The number of amides is 3. The number of nitrogens with one attached hydrogen (secondary N) is 1. The molecule has 3 amide bonds. The van der Waals surface area contributed by atoms with E-state index in [9.17, 15) is 24.3 Å². The van der Waals surface area contributed by atoms with Gasteiger partial charge < -0.3 is 34.4 Å². The standard InChI is InChI=1S/C41H52BrN3O8/c1-6-9-20-32(47)43-30(25-51-5)35(28-18-14-11-15-19-28)52-40(50)33-34-38(48)45(31(24-46)26(4)8-3)37(41(34)22-29(42)36(33)53-41)39(49)44(21-7-2)23-27-16-12-10-13-17-27/h6-7,10-19,26,29-31,33-37,46H,1-2,8-9,20-25H2,3-5H3,(H,43,47)/t26-,29?,30-,31-,33+,34-,35-,36+,37+,41-/m0/s1. The molecule has 3 fully saturated rings. The minimum absolute atomic E-state index is 0.0443. The van der Waals surface area contributed by atoms with Gasteiger partial charge in [0, 0.05) is 31.4 Å². The van der Waals surface area contributed by atoms with Crippen molar-refractivity contribution in [2.75, 3.05) is 26.9 Å². The Balaban J connectivity index is 1.55. The van der Waals surface area contributed by atoms with Gasteiger partial charge in [-0.3, -0.25) is 19.2 Å². The zero-order valence-electron chi connectivity index (χ0n) is 30.8. The van der Waals surface area contributed by atoms with Crippen molar-refractivity contribution in [3.63, 3.8) is 0 Å². The van der Waals surface area contributed by atoms with Gasteiger partial charge in [0.1, 0.15) is 17.7 Å². The molecule has 0 aromatic heterocycles. The predicted molar refractivity (Wildman–Crippen MR) is 203 cm³/mol. The number of aliphatic hydroxyl groups is 1. The van der Waals surface area contributed by atoms with Gasteiger partial charge in [-0.05, 0) is 29.9 Å². The van der Waals surface area contributed by atoms with Crippen molar-refractivity contribution < 1.29 is 38.5 Å². The van der Waals surface area contributed by atoms with Crippen LogP contribution in [0, 0.1) is 17.8 Å². The molecule has 0 aliphatic carbocycles. The number of benzene rings is 2. The Kier molecular flexibility index (Phi) is 13.7. The topological polar surface area (TPSA) is 135 Å². The monoisotopic (exact) mass is 793 g/mol. The molecule has 11 nitrogen and oxygen atoms in total. The first kappa shape index (κ1) is 40.3. The summed E-state index contributed by atoms with van der Waals surface area (Å²) in [6.45, 7) is 11.7. The summed E-state index contributed by atoms with van der Waals surface area (Å²) < 4.78 is 18.6. The smallest absolute Gasteiger partial charge is 0.313 e. The molecule has 2 N–H and O–H groups in total. The number of ether oxygens (including phenoxy) is 3. The van der Waals surface area contributed by atoms with E-state index in [0.717, 1.165) is 5.56 Å². The number of hydrogen-bond acceptors (Lipinski definition) is 8. The molecule has 1 unspecified atom stereocenters. The molecule has 0 radical (unpaired) electrons. The van der Waals surface area contributed by atoms with Gasteiger partial charge in [-0.25, -0.2) is 0 Å². The van der Waals surface area contributed by atoms with Crippen LogP contribution >= 0.6 is 15.9 Å². The number of aliphatic hydroxyl groups excluding tert-OH is 1. The molecule has 0 saturated carbocycles. The summed E-state index contributed by atoms with van der Waals surface area (Å²) in [5.41, 5.74) is 0.159. The zero-order valence-corrected chi connectivity index (χ0v) is 32.4. The number of methoxy groups -OCH3 is 1. The number of esters is 1. The number of hydrogen-bond donors (Lipinski definition) is 2. The largest absolute Gasteiger partial charge is 0.455 e. The van der Waals surface area contributed by atoms with E-state index in [4.69, 9.17) is 14.2 Å². The minimum Gasteiger partial charge on any atom is -0.455 e. The Hall–Kier alpha value is -3.84. The van der Waals surface area contributed by atoms with Gasteiger partial charge in [-0.15, -0.1) is 13.2 Å². The van der Waals surface area contributed by atoms with Gasteiger partial charge in [0.05, 0.1) is 43.2 Å². The summed E-state index contributed by atoms with van der Waals surface area (Å²) >= 11 is 3.75. The van der Waals surface area contributed by atoms with Crippen LogP contribution in [0.1, 0.15) is 56.8 Å². The molecular formula is C41H52BrN3O8. The van der Waals surface area contributed by atoms with Crippen LogP contribution in [0.4, 0.5) is 0 Å². The number of allylic oxidation sites excluding steroid dienone is 1. The summed E-state index contributed by atoms with van der Waals surface area (Å²) in [6, 6.07) is 16.1. The SMILES string of the molecule is C=CCCC(=O)N[C@@H](COC)[C@@H](OC(=O)[C@H]1[C@@H]2O[C@@]3(CC2Br)[C@@H]1C(=O)N([C@@H](CO)[C@@H](C)CC)[C@@H]3C(=O)N(CC=C)Cc1ccccc1)c1ccccc1. The first-order valence-corrected chi connectivity index (χ1v) is 19.3. The molecular weight excluding hydrogens is 742 g/mol. The Morgan fingerprint density at radius 2 is 1.81 bits per heavy atom. The van der Waals surface area contributed by atoms with Gasteiger partial charge in [-0.1, -0.05) is 109 Å². The van der Waals surface area contributed by atoms with Crippen molar-refractivity contribution >= 4 is 39.6 Å². The molecule has 53 heavy (non-hydrogen) atoms. The molecule has 2 aromatic rings. The van der Waals surface area contributed by atoms with Crippen LogP contribution in [0.3, 0.4) is 0 Å². The Morgan fingerprint density at radius 1 is 1.13 bits per heavy atom. The van der Waals surface area contributed by atoms with Crippen LogP contribution in [0.25, 0.3) is 0 Å². The van der Waals surface area contributed by atoms with E-state index in [0.29, 0.717) is 24.8 Å². The number of fused-ring (bicyclic) bond motifs is 1. The summed E-state index contributed by atoms with van der Waals surface area (Å²) in [7, 11) is 1.50. The van der Waals surface area contributed by atoms with E-state index < -0.39 is 59.6 Å². The van der Waals surface area contributed by atoms with E-state index in [1.54, 1.807) is 29.2 Å². The van der Waals surface area contributed by atoms with Gasteiger partial charge in [0.2, 0.25) is 17.7 Å². The quantitative estimate of drug-likeness (QED) is 0.119. The third kappa shape index (κ3) is 8.16. The fourth-order valence-electron chi connectivity index (χ4n) is 8.28. The van der Waals surface area contributed by atoms with E-state index in [1.165, 1.54) is 12.0 Å². The second-order valence-electron chi connectivity index (χ2n) is 14.3. The van der Waals surface area contributed by atoms with E-state index >= 15 is 0 Å². The third-order valence-electron chi connectivity index (χ3n) is 11.0. The molecule has 1 spiro atoms. The maximum atomic E-state index is 15.0. The highest BCUT2D eigenvalue weighted by molar-refractivity contribution is 9.09. The van der Waals surface area contributed by atoms with Crippen molar-refractivity contribution in [1.82, 2.24) is 15.1 Å². The summed E-state index contributed by atoms with van der Waals surface area (Å²) in [6.07, 6.45) is 3.16. The lowest BCUT2D eigenvalue weighted by molar-refractivity contribution is -0.163. The Morgan fingerprint density at radius 3 is 2.42 bits per heavy atom. The van der Waals surface area contributed by atoms with Crippen molar-refractivity contribution in [2.24, 2.45) is 17.8 Å². The highest BCUT2D eigenvalue weighted by Gasteiger charge is 2.77. The van der Waals surface area contributed by atoms with Crippen molar-refractivity contribution in [3.05, 3.63) is 97.1 Å². The van der Waals surface area contributed by atoms with Crippen molar-refractivity contribution in [2.45, 2.75) is 86.8 Å². The number of halogens is 1. The average molecular weight is 795 g/mol. The highest BCUT2D eigenvalue weighted by atomic mass is 79.9. The molecule has 12 heteroatoms. The van der Waals surface area contributed by atoms with Gasteiger partial charge in [0.15, 0.2) is 0 Å². The Labute approximate surface area is 320 Å². The molecule has 3 saturated heterocycles. The average Bonchev–Trinajstić information content (AvgIpc) is 3.76. The van der Waals surface area contributed by atoms with Gasteiger partial charge in [0.25, 0.3) is 0 Å². The number of carbonyl (C=O) groups excluding carboxylic acids is 4. The number of likely N-dealkylation sites (tertiary alicyclic amines) is 1. The molecule has 2 bridgehead atoms. The van der Waals surface area contributed by atoms with Crippen LogP contribution in [0.2, 0.25) is 0 Å². The fourth-order valence-corrected chi connectivity index (χ4v) is 9.22. The first-order valence-electron chi connectivity index (χ1n) is 18.4. The number of carbonyl (C=O) groups is 4. The summed E-state index contributed by atoms with van der Waals surface area (Å²) in [5, 5.41) is 13.8. The second kappa shape index (κ2) is 18.0. The molecule has 2 aromatic carbocycles. The Bertz CT molecular complexity index is 1610. The molecule has 3 aliphatic rings. The maximum Gasteiger partial charge on any atom is 0.313 e. The van der Waals surface area contributed by atoms with Crippen molar-refractivity contribution in [3.8, 4) is 0 Å². The van der Waals surface area contributed by atoms with Crippen LogP contribution in [0.5, 0.6) is 0 Å². The van der Waals surface area contributed by atoms with E-state index in [2.05, 4.69) is 34.4 Å². The molecule has 286 valence electrons. The van der Waals surface area contributed by atoms with Crippen LogP contribution < -0.4 is 5.32 Å². The second-order valence-corrected chi connectivity index (χ2v) is 15.4.